The van der Waals surface area contributed by atoms with Gasteiger partial charge >= 0.3 is 0 Å². The third-order valence-corrected chi connectivity index (χ3v) is 4.48. The first-order chi connectivity index (χ1) is 11.5. The Labute approximate surface area is 143 Å². The van der Waals surface area contributed by atoms with Crippen molar-refractivity contribution in [2.75, 3.05) is 31.1 Å². The zero-order valence-corrected chi connectivity index (χ0v) is 14.7. The molecule has 128 valence electrons. The molecule has 24 heavy (non-hydrogen) atoms. The lowest BCUT2D eigenvalue weighted by molar-refractivity contribution is 0.246. The number of hydrogen-bond acceptors (Lipinski definition) is 4. The van der Waals surface area contributed by atoms with E-state index in [4.69, 9.17) is 0 Å². The van der Waals surface area contributed by atoms with Crippen molar-refractivity contribution in [1.29, 1.82) is 0 Å². The number of piperazine rings is 1. The van der Waals surface area contributed by atoms with Gasteiger partial charge in [-0.2, -0.15) is 0 Å². The smallest absolute Gasteiger partial charge is 0.251 e. The second kappa shape index (κ2) is 7.18. The predicted octanol–water partition coefficient (Wildman–Crippen LogP) is 2.52. The number of aromatic nitrogens is 2. The number of aromatic amines is 1. The molecule has 0 bridgehead atoms. The van der Waals surface area contributed by atoms with Gasteiger partial charge < -0.3 is 9.88 Å². The van der Waals surface area contributed by atoms with Crippen molar-refractivity contribution in [1.82, 2.24) is 14.9 Å². The van der Waals surface area contributed by atoms with Crippen LogP contribution in [0.3, 0.4) is 0 Å². The molecule has 5 nitrogen and oxygen atoms in total. The van der Waals surface area contributed by atoms with Gasteiger partial charge in [0.05, 0.1) is 5.69 Å². The largest absolute Gasteiger partial charge is 0.369 e. The summed E-state index contributed by atoms with van der Waals surface area (Å²) in [6.07, 6.45) is 0. The highest BCUT2D eigenvalue weighted by atomic mass is 16.1. The van der Waals surface area contributed by atoms with E-state index in [-0.39, 0.29) is 11.5 Å². The predicted molar refractivity (Wildman–Crippen MR) is 97.6 cm³/mol. The van der Waals surface area contributed by atoms with Crippen LogP contribution in [0.25, 0.3) is 0 Å². The Morgan fingerprint density at radius 3 is 2.58 bits per heavy atom. The molecule has 0 amide bonds. The number of rotatable bonds is 4. The van der Waals surface area contributed by atoms with Crippen LogP contribution < -0.4 is 10.5 Å². The zero-order valence-electron chi connectivity index (χ0n) is 14.7. The quantitative estimate of drug-likeness (QED) is 0.938. The van der Waals surface area contributed by atoms with Crippen molar-refractivity contribution in [2.45, 2.75) is 33.2 Å². The van der Waals surface area contributed by atoms with Gasteiger partial charge in [0, 0.05) is 50.4 Å². The molecule has 0 atom stereocenters. The van der Waals surface area contributed by atoms with E-state index in [0.29, 0.717) is 0 Å². The van der Waals surface area contributed by atoms with E-state index in [1.807, 2.05) is 13.8 Å². The summed E-state index contributed by atoms with van der Waals surface area (Å²) in [7, 11) is 0. The van der Waals surface area contributed by atoms with E-state index in [0.717, 1.165) is 44.2 Å². The van der Waals surface area contributed by atoms with Gasteiger partial charge in [-0.1, -0.05) is 26.0 Å². The van der Waals surface area contributed by atoms with Crippen molar-refractivity contribution in [2.24, 2.45) is 0 Å². The summed E-state index contributed by atoms with van der Waals surface area (Å²) >= 11 is 0. The van der Waals surface area contributed by atoms with Gasteiger partial charge in [0.15, 0.2) is 0 Å². The number of nitrogens with one attached hydrogen (secondary N) is 1. The third kappa shape index (κ3) is 4.03. The molecule has 2 heterocycles. The van der Waals surface area contributed by atoms with Crippen LogP contribution in [0.1, 0.15) is 36.8 Å². The van der Waals surface area contributed by atoms with E-state index < -0.39 is 0 Å². The van der Waals surface area contributed by atoms with Crippen LogP contribution in [0, 0.1) is 6.92 Å². The average Bonchev–Trinajstić information content (AvgIpc) is 2.55. The Morgan fingerprint density at radius 1 is 1.17 bits per heavy atom. The van der Waals surface area contributed by atoms with Crippen LogP contribution >= 0.6 is 0 Å². The highest BCUT2D eigenvalue weighted by Crippen LogP contribution is 2.18. The minimum absolute atomic E-state index is 0.0536. The number of H-pyrrole nitrogens is 1. The molecule has 1 saturated heterocycles. The topological polar surface area (TPSA) is 52.2 Å². The Bertz CT molecular complexity index is 745. The standard InChI is InChI=1S/C19H26N4O/c1-14(2)19-20-16(12-18(24)21-19)13-22-7-9-23(10-8-22)17-6-4-5-15(3)11-17/h4-6,11-12,14H,7-10,13H2,1-3H3,(H,20,21,24). The SMILES string of the molecule is Cc1cccc(N2CCN(Cc3cc(=O)[nH]c(C(C)C)n3)CC2)c1. The van der Waals surface area contributed by atoms with Crippen LogP contribution in [0.15, 0.2) is 35.1 Å². The molecule has 0 aliphatic carbocycles. The summed E-state index contributed by atoms with van der Waals surface area (Å²) in [4.78, 5) is 24.0. The van der Waals surface area contributed by atoms with Crippen LogP contribution in [-0.2, 0) is 6.54 Å². The molecule has 1 aliphatic heterocycles. The van der Waals surface area contributed by atoms with Gasteiger partial charge in [0.1, 0.15) is 5.82 Å². The molecular weight excluding hydrogens is 300 g/mol. The van der Waals surface area contributed by atoms with Crippen molar-refractivity contribution < 1.29 is 0 Å². The van der Waals surface area contributed by atoms with Gasteiger partial charge in [-0.3, -0.25) is 9.69 Å². The first-order valence-electron chi connectivity index (χ1n) is 8.65. The average molecular weight is 326 g/mol. The van der Waals surface area contributed by atoms with Crippen LogP contribution in [0.2, 0.25) is 0 Å². The molecular formula is C19H26N4O. The second-order valence-corrected chi connectivity index (χ2v) is 6.88. The summed E-state index contributed by atoms with van der Waals surface area (Å²) in [5, 5.41) is 0. The number of nitrogens with zero attached hydrogens (tertiary/aromatic N) is 3. The highest BCUT2D eigenvalue weighted by molar-refractivity contribution is 5.48. The summed E-state index contributed by atoms with van der Waals surface area (Å²) in [5.41, 5.74) is 3.41. The maximum atomic E-state index is 11.8. The Hall–Kier alpha value is -2.14. The van der Waals surface area contributed by atoms with E-state index in [2.05, 4.69) is 51.0 Å². The molecule has 3 rings (SSSR count). The Morgan fingerprint density at radius 2 is 1.92 bits per heavy atom. The van der Waals surface area contributed by atoms with Crippen molar-refractivity contribution in [3.63, 3.8) is 0 Å². The molecule has 1 aromatic heterocycles. The van der Waals surface area contributed by atoms with E-state index in [1.165, 1.54) is 11.3 Å². The molecule has 1 N–H and O–H groups in total. The normalized spacial score (nSPS) is 15.9. The maximum Gasteiger partial charge on any atom is 0.251 e. The minimum atomic E-state index is -0.0536. The van der Waals surface area contributed by atoms with Crippen molar-refractivity contribution >= 4 is 5.69 Å². The maximum absolute atomic E-state index is 11.8. The molecule has 0 spiro atoms. The fourth-order valence-electron chi connectivity index (χ4n) is 3.10. The lowest BCUT2D eigenvalue weighted by atomic mass is 10.2. The van der Waals surface area contributed by atoms with E-state index >= 15 is 0 Å². The molecule has 0 unspecified atom stereocenters. The monoisotopic (exact) mass is 326 g/mol. The second-order valence-electron chi connectivity index (χ2n) is 6.88. The number of hydrogen-bond donors (Lipinski definition) is 1. The van der Waals surface area contributed by atoms with Crippen molar-refractivity contribution in [3.05, 3.63) is 57.8 Å². The number of benzene rings is 1. The van der Waals surface area contributed by atoms with E-state index in [9.17, 15) is 4.79 Å². The van der Waals surface area contributed by atoms with Gasteiger partial charge in [0.25, 0.3) is 5.56 Å². The fourth-order valence-corrected chi connectivity index (χ4v) is 3.10. The van der Waals surface area contributed by atoms with Crippen LogP contribution in [0.4, 0.5) is 5.69 Å². The van der Waals surface area contributed by atoms with Crippen molar-refractivity contribution in [3.8, 4) is 0 Å². The van der Waals surface area contributed by atoms with Gasteiger partial charge in [0.2, 0.25) is 0 Å². The fraction of sp³-hybridized carbons (Fsp3) is 0.474. The summed E-state index contributed by atoms with van der Waals surface area (Å²) in [5.74, 6) is 1.01. The van der Waals surface area contributed by atoms with E-state index in [1.54, 1.807) is 6.07 Å². The summed E-state index contributed by atoms with van der Waals surface area (Å²) in [6.45, 7) is 10.9. The molecule has 2 aromatic rings. The first-order valence-corrected chi connectivity index (χ1v) is 8.65. The van der Waals surface area contributed by atoms with Gasteiger partial charge in [-0.15, -0.1) is 0 Å². The minimum Gasteiger partial charge on any atom is -0.369 e. The lowest BCUT2D eigenvalue weighted by Crippen LogP contribution is -2.46. The zero-order chi connectivity index (χ0) is 17.1. The lowest BCUT2D eigenvalue weighted by Gasteiger charge is -2.36. The van der Waals surface area contributed by atoms with Gasteiger partial charge in [-0.05, 0) is 24.6 Å². The Kier molecular flexibility index (Phi) is 5.00. The molecule has 5 heteroatoms. The third-order valence-electron chi connectivity index (χ3n) is 4.48. The number of aryl methyl sites for hydroxylation is 1. The van der Waals surface area contributed by atoms with Gasteiger partial charge in [-0.25, -0.2) is 4.98 Å². The van der Waals surface area contributed by atoms with Crippen LogP contribution in [0.5, 0.6) is 0 Å². The molecule has 1 aromatic carbocycles. The molecule has 0 radical (unpaired) electrons. The van der Waals surface area contributed by atoms with Crippen LogP contribution in [-0.4, -0.2) is 41.0 Å². The number of anilines is 1. The summed E-state index contributed by atoms with van der Waals surface area (Å²) in [6, 6.07) is 10.3. The molecule has 0 saturated carbocycles. The first kappa shape index (κ1) is 16.7. The Balaban J connectivity index is 1.62. The molecule has 1 aliphatic rings. The highest BCUT2D eigenvalue weighted by Gasteiger charge is 2.18. The summed E-state index contributed by atoms with van der Waals surface area (Å²) < 4.78 is 0. The molecule has 1 fully saturated rings.